The molecule has 1 rings (SSSR count). The number of ether oxygens (including phenoxy) is 1. The predicted octanol–water partition coefficient (Wildman–Crippen LogP) is 0.765. The molecule has 0 saturated carbocycles. The first-order valence-electron chi connectivity index (χ1n) is 2.77. The van der Waals surface area contributed by atoms with Crippen molar-refractivity contribution >= 4 is 5.78 Å². The Labute approximate surface area is 52.9 Å². The maximum atomic E-state index is 10.6. The van der Waals surface area contributed by atoms with Crippen molar-refractivity contribution in [3.8, 4) is 0 Å². The van der Waals surface area contributed by atoms with Crippen LogP contribution in [0, 0.1) is 0 Å². The van der Waals surface area contributed by atoms with Crippen LogP contribution >= 0.6 is 0 Å². The normalized spacial score (nSPS) is 19.9. The molecule has 0 aromatic carbocycles. The fourth-order valence-electron chi connectivity index (χ4n) is 0.680. The highest BCUT2D eigenvalue weighted by Gasteiger charge is 2.17. The van der Waals surface area contributed by atoms with Crippen molar-refractivity contribution in [3.63, 3.8) is 0 Å². The van der Waals surface area contributed by atoms with E-state index in [1.54, 1.807) is 6.92 Å². The Bertz CT molecular complexity index is 169. The van der Waals surface area contributed by atoms with Crippen LogP contribution in [0.1, 0.15) is 13.3 Å². The molecule has 0 aromatic rings. The molecule has 1 aliphatic rings. The van der Waals surface area contributed by atoms with E-state index >= 15 is 0 Å². The average molecular weight is 128 g/mol. The molecule has 0 atom stereocenters. The van der Waals surface area contributed by atoms with Gasteiger partial charge in [0, 0.05) is 6.42 Å². The molecular weight excluding hydrogens is 120 g/mol. The highest BCUT2D eigenvalue weighted by atomic mass is 16.5. The molecule has 0 unspecified atom stereocenters. The smallest absolute Gasteiger partial charge is 0.204 e. The van der Waals surface area contributed by atoms with Crippen molar-refractivity contribution in [3.05, 3.63) is 11.5 Å². The molecule has 1 N–H and O–H groups in total. The summed E-state index contributed by atoms with van der Waals surface area (Å²) in [5.41, 5.74) is 0. The SMILES string of the molecule is CC1=C(O)C(=O)CCO1. The van der Waals surface area contributed by atoms with Crippen LogP contribution in [0.5, 0.6) is 0 Å². The van der Waals surface area contributed by atoms with Gasteiger partial charge in [-0.15, -0.1) is 0 Å². The number of ketones is 1. The van der Waals surface area contributed by atoms with Crippen LogP contribution in [0.2, 0.25) is 0 Å². The van der Waals surface area contributed by atoms with Crippen LogP contribution < -0.4 is 0 Å². The van der Waals surface area contributed by atoms with Crippen molar-refractivity contribution in [2.45, 2.75) is 13.3 Å². The van der Waals surface area contributed by atoms with Crippen LogP contribution in [0.25, 0.3) is 0 Å². The standard InChI is InChI=1S/C6H8O3/c1-4-6(8)5(7)2-3-9-4/h8H,2-3H2,1H3. The third-order valence-electron chi connectivity index (χ3n) is 1.25. The molecule has 1 aliphatic heterocycles. The molecule has 3 heteroatoms. The molecule has 50 valence electrons. The van der Waals surface area contributed by atoms with Crippen LogP contribution in [0.15, 0.2) is 11.5 Å². The van der Waals surface area contributed by atoms with Crippen LogP contribution in [-0.4, -0.2) is 17.5 Å². The molecule has 1 heterocycles. The van der Waals surface area contributed by atoms with Gasteiger partial charge in [0.2, 0.25) is 5.78 Å². The Morgan fingerprint density at radius 3 is 2.78 bits per heavy atom. The number of carbonyl (C=O) groups excluding carboxylic acids is 1. The third kappa shape index (κ3) is 1.04. The van der Waals surface area contributed by atoms with E-state index in [0.29, 0.717) is 18.8 Å². The number of hydrogen-bond acceptors (Lipinski definition) is 3. The van der Waals surface area contributed by atoms with Crippen molar-refractivity contribution in [1.82, 2.24) is 0 Å². The maximum absolute atomic E-state index is 10.6. The Balaban J connectivity index is 2.84. The van der Waals surface area contributed by atoms with Gasteiger partial charge in [0.15, 0.2) is 5.76 Å². The number of carbonyl (C=O) groups is 1. The number of Topliss-reactive ketones (excluding diaryl/α,β-unsaturated/α-hetero) is 1. The summed E-state index contributed by atoms with van der Waals surface area (Å²) >= 11 is 0. The van der Waals surface area contributed by atoms with Gasteiger partial charge in [-0.3, -0.25) is 4.79 Å². The fourth-order valence-corrected chi connectivity index (χ4v) is 0.680. The predicted molar refractivity (Wildman–Crippen MR) is 30.9 cm³/mol. The monoisotopic (exact) mass is 128 g/mol. The van der Waals surface area contributed by atoms with E-state index in [1.807, 2.05) is 0 Å². The topological polar surface area (TPSA) is 46.5 Å². The lowest BCUT2D eigenvalue weighted by Crippen LogP contribution is -2.14. The molecule has 0 aliphatic carbocycles. The lowest BCUT2D eigenvalue weighted by molar-refractivity contribution is -0.120. The molecule has 0 amide bonds. The van der Waals surface area contributed by atoms with E-state index in [-0.39, 0.29) is 11.5 Å². The number of allylic oxidation sites excluding steroid dienone is 2. The van der Waals surface area contributed by atoms with Gasteiger partial charge in [0.05, 0.1) is 6.61 Å². The van der Waals surface area contributed by atoms with Crippen molar-refractivity contribution in [2.24, 2.45) is 0 Å². The summed E-state index contributed by atoms with van der Waals surface area (Å²) in [6, 6.07) is 0. The quantitative estimate of drug-likeness (QED) is 0.524. The summed E-state index contributed by atoms with van der Waals surface area (Å²) in [6.07, 6.45) is 0.295. The summed E-state index contributed by atoms with van der Waals surface area (Å²) in [7, 11) is 0. The minimum atomic E-state index is -0.223. The average Bonchev–Trinajstić information content (AvgIpc) is 1.83. The summed E-state index contributed by atoms with van der Waals surface area (Å²) < 4.78 is 4.87. The van der Waals surface area contributed by atoms with Gasteiger partial charge >= 0.3 is 0 Å². The van der Waals surface area contributed by atoms with Crippen LogP contribution in [0.3, 0.4) is 0 Å². The molecule has 0 spiro atoms. The Hall–Kier alpha value is -0.990. The number of hydrogen-bond donors (Lipinski definition) is 1. The first kappa shape index (κ1) is 6.13. The van der Waals surface area contributed by atoms with E-state index in [4.69, 9.17) is 9.84 Å². The summed E-state index contributed by atoms with van der Waals surface area (Å²) in [5.74, 6) is -0.105. The zero-order valence-corrected chi connectivity index (χ0v) is 5.18. The van der Waals surface area contributed by atoms with Gasteiger partial charge < -0.3 is 9.84 Å². The van der Waals surface area contributed by atoms with E-state index in [1.165, 1.54) is 0 Å². The second kappa shape index (κ2) is 2.09. The fraction of sp³-hybridized carbons (Fsp3) is 0.500. The van der Waals surface area contributed by atoms with Gasteiger partial charge in [0.1, 0.15) is 5.76 Å². The van der Waals surface area contributed by atoms with E-state index < -0.39 is 0 Å². The maximum Gasteiger partial charge on any atom is 0.204 e. The van der Waals surface area contributed by atoms with Gasteiger partial charge in [0.25, 0.3) is 0 Å². The van der Waals surface area contributed by atoms with E-state index in [2.05, 4.69) is 0 Å². The zero-order chi connectivity index (χ0) is 6.85. The molecule has 9 heavy (non-hydrogen) atoms. The lowest BCUT2D eigenvalue weighted by atomic mass is 10.2. The van der Waals surface area contributed by atoms with E-state index in [9.17, 15) is 4.79 Å². The highest BCUT2D eigenvalue weighted by molar-refractivity contribution is 5.93. The number of rotatable bonds is 0. The number of aliphatic hydroxyl groups is 1. The molecule has 0 radical (unpaired) electrons. The minimum absolute atomic E-state index is 0.221. The molecule has 0 saturated heterocycles. The Kier molecular flexibility index (Phi) is 1.42. The Morgan fingerprint density at radius 2 is 2.33 bits per heavy atom. The summed E-state index contributed by atoms with van der Waals surface area (Å²) in [4.78, 5) is 10.6. The summed E-state index contributed by atoms with van der Waals surface area (Å²) in [6.45, 7) is 1.97. The minimum Gasteiger partial charge on any atom is -0.502 e. The third-order valence-corrected chi connectivity index (χ3v) is 1.25. The molecule has 0 aromatic heterocycles. The largest absolute Gasteiger partial charge is 0.502 e. The van der Waals surface area contributed by atoms with Gasteiger partial charge in [-0.05, 0) is 6.92 Å². The zero-order valence-electron chi connectivity index (χ0n) is 5.18. The summed E-state index contributed by atoms with van der Waals surface area (Å²) in [5, 5.41) is 8.85. The molecule has 0 bridgehead atoms. The molecule has 0 fully saturated rings. The number of aliphatic hydroxyl groups excluding tert-OH is 1. The van der Waals surface area contributed by atoms with Gasteiger partial charge in [-0.2, -0.15) is 0 Å². The lowest BCUT2D eigenvalue weighted by Gasteiger charge is -2.12. The van der Waals surface area contributed by atoms with Crippen molar-refractivity contribution in [1.29, 1.82) is 0 Å². The second-order valence-electron chi connectivity index (χ2n) is 1.93. The van der Waals surface area contributed by atoms with Gasteiger partial charge in [-0.25, -0.2) is 0 Å². The van der Waals surface area contributed by atoms with E-state index in [0.717, 1.165) is 0 Å². The van der Waals surface area contributed by atoms with Crippen molar-refractivity contribution < 1.29 is 14.6 Å². The first-order chi connectivity index (χ1) is 4.22. The van der Waals surface area contributed by atoms with Gasteiger partial charge in [-0.1, -0.05) is 0 Å². The Morgan fingerprint density at radius 1 is 1.67 bits per heavy atom. The molecular formula is C6H8O3. The second-order valence-corrected chi connectivity index (χ2v) is 1.93. The van der Waals surface area contributed by atoms with Crippen LogP contribution in [-0.2, 0) is 9.53 Å². The van der Waals surface area contributed by atoms with Crippen molar-refractivity contribution in [2.75, 3.05) is 6.61 Å². The van der Waals surface area contributed by atoms with Crippen LogP contribution in [0.4, 0.5) is 0 Å². The highest BCUT2D eigenvalue weighted by Crippen LogP contribution is 2.11. The molecule has 3 nitrogen and oxygen atoms in total. The first-order valence-corrected chi connectivity index (χ1v) is 2.77.